The lowest BCUT2D eigenvalue weighted by atomic mass is 9.90. The molecule has 1 aliphatic heterocycles. The fraction of sp³-hybridized carbons (Fsp3) is 0.882. The molecule has 2 amide bonds. The van der Waals surface area contributed by atoms with Gasteiger partial charge in [-0.1, -0.05) is 6.92 Å². The fourth-order valence-electron chi connectivity index (χ4n) is 2.59. The molecule has 0 aromatic carbocycles. The molecule has 0 N–H and O–H groups in total. The Bertz CT molecular complexity index is 419. The van der Waals surface area contributed by atoms with Crippen molar-refractivity contribution in [2.24, 2.45) is 0 Å². The van der Waals surface area contributed by atoms with Crippen molar-refractivity contribution in [3.63, 3.8) is 0 Å². The number of carbonyl (C=O) groups excluding carboxylic acids is 2. The minimum absolute atomic E-state index is 0.0327. The Balaban J connectivity index is 2.67. The standard InChI is InChI=1S/C17H32N2O4/c1-7-17(22-12-14(20)18(6)8-2)10-9-11-19(13-17)15(21)23-16(3,4)5/h7-13H2,1-6H3. The molecule has 1 aliphatic rings. The molecule has 6 heteroatoms. The number of carbonyl (C=O) groups is 2. The number of likely N-dealkylation sites (N-methyl/N-ethyl adjacent to an activating group) is 1. The predicted molar refractivity (Wildman–Crippen MR) is 89.3 cm³/mol. The van der Waals surface area contributed by atoms with Crippen LogP contribution < -0.4 is 0 Å². The summed E-state index contributed by atoms with van der Waals surface area (Å²) in [6.07, 6.45) is 2.15. The van der Waals surface area contributed by atoms with Gasteiger partial charge in [0.05, 0.1) is 12.1 Å². The van der Waals surface area contributed by atoms with Crippen molar-refractivity contribution in [1.82, 2.24) is 9.80 Å². The van der Waals surface area contributed by atoms with Crippen LogP contribution in [0.4, 0.5) is 4.79 Å². The van der Waals surface area contributed by atoms with Gasteiger partial charge in [-0.05, 0) is 47.0 Å². The molecule has 1 rings (SSSR count). The number of hydrogen-bond donors (Lipinski definition) is 0. The van der Waals surface area contributed by atoms with Crippen LogP contribution in [-0.2, 0) is 14.3 Å². The highest BCUT2D eigenvalue weighted by molar-refractivity contribution is 5.77. The quantitative estimate of drug-likeness (QED) is 0.778. The van der Waals surface area contributed by atoms with Crippen LogP contribution in [0.2, 0.25) is 0 Å². The Morgan fingerprint density at radius 2 is 1.91 bits per heavy atom. The SMILES string of the molecule is CCN(C)C(=O)COC1(CC)CCCN(C(=O)OC(C)(C)C)C1. The summed E-state index contributed by atoms with van der Waals surface area (Å²) in [6.45, 7) is 11.4. The van der Waals surface area contributed by atoms with Crippen LogP contribution in [0.25, 0.3) is 0 Å². The lowest BCUT2D eigenvalue weighted by Crippen LogP contribution is -2.53. The second kappa shape index (κ2) is 7.99. The number of likely N-dealkylation sites (tertiary alicyclic amines) is 1. The third-order valence-electron chi connectivity index (χ3n) is 4.24. The predicted octanol–water partition coefficient (Wildman–Crippen LogP) is 2.66. The Labute approximate surface area is 140 Å². The smallest absolute Gasteiger partial charge is 0.410 e. The third-order valence-corrected chi connectivity index (χ3v) is 4.24. The molecule has 0 spiro atoms. The largest absolute Gasteiger partial charge is 0.444 e. The van der Waals surface area contributed by atoms with E-state index in [0.717, 1.165) is 19.3 Å². The van der Waals surface area contributed by atoms with Gasteiger partial charge >= 0.3 is 6.09 Å². The summed E-state index contributed by atoms with van der Waals surface area (Å²) in [7, 11) is 1.76. The summed E-state index contributed by atoms with van der Waals surface area (Å²) in [5.74, 6) is -0.0327. The van der Waals surface area contributed by atoms with E-state index in [-0.39, 0.29) is 18.6 Å². The molecule has 0 radical (unpaired) electrons. The monoisotopic (exact) mass is 328 g/mol. The number of nitrogens with zero attached hydrogens (tertiary/aromatic N) is 2. The van der Waals surface area contributed by atoms with Crippen LogP contribution in [0.1, 0.15) is 53.9 Å². The maximum Gasteiger partial charge on any atom is 0.410 e. The summed E-state index contributed by atoms with van der Waals surface area (Å²) < 4.78 is 11.4. The molecule has 1 unspecified atom stereocenters. The molecule has 134 valence electrons. The first kappa shape index (κ1) is 19.7. The normalized spacial score (nSPS) is 21.9. The highest BCUT2D eigenvalue weighted by Gasteiger charge is 2.38. The summed E-state index contributed by atoms with van der Waals surface area (Å²) in [5.41, 5.74) is -0.969. The second-order valence-electron chi connectivity index (χ2n) is 7.24. The van der Waals surface area contributed by atoms with Gasteiger partial charge in [0.25, 0.3) is 0 Å². The van der Waals surface area contributed by atoms with E-state index >= 15 is 0 Å². The molecule has 0 bridgehead atoms. The average molecular weight is 328 g/mol. The van der Waals surface area contributed by atoms with Crippen LogP contribution in [0.3, 0.4) is 0 Å². The minimum Gasteiger partial charge on any atom is -0.444 e. The topological polar surface area (TPSA) is 59.1 Å². The van der Waals surface area contributed by atoms with Crippen molar-refractivity contribution in [2.75, 3.05) is 33.3 Å². The van der Waals surface area contributed by atoms with Gasteiger partial charge in [0.1, 0.15) is 12.2 Å². The van der Waals surface area contributed by atoms with E-state index in [9.17, 15) is 9.59 Å². The number of hydrogen-bond acceptors (Lipinski definition) is 4. The molecule has 0 saturated carbocycles. The highest BCUT2D eigenvalue weighted by atomic mass is 16.6. The molecule has 1 saturated heterocycles. The maximum absolute atomic E-state index is 12.3. The van der Waals surface area contributed by atoms with Crippen LogP contribution in [-0.4, -0.2) is 66.3 Å². The first-order valence-electron chi connectivity index (χ1n) is 8.48. The van der Waals surface area contributed by atoms with E-state index in [0.29, 0.717) is 19.6 Å². The number of amides is 2. The van der Waals surface area contributed by atoms with Gasteiger partial charge < -0.3 is 19.3 Å². The Morgan fingerprint density at radius 1 is 1.26 bits per heavy atom. The van der Waals surface area contributed by atoms with Gasteiger partial charge in [-0.15, -0.1) is 0 Å². The van der Waals surface area contributed by atoms with E-state index in [1.807, 2.05) is 34.6 Å². The van der Waals surface area contributed by atoms with Gasteiger partial charge in [0.2, 0.25) is 5.91 Å². The Morgan fingerprint density at radius 3 is 2.43 bits per heavy atom. The van der Waals surface area contributed by atoms with Crippen molar-refractivity contribution < 1.29 is 19.1 Å². The van der Waals surface area contributed by atoms with E-state index in [1.165, 1.54) is 0 Å². The van der Waals surface area contributed by atoms with Crippen LogP contribution in [0.5, 0.6) is 0 Å². The second-order valence-corrected chi connectivity index (χ2v) is 7.24. The van der Waals surface area contributed by atoms with E-state index in [1.54, 1.807) is 16.8 Å². The molecule has 0 aromatic rings. The molecular formula is C17H32N2O4. The van der Waals surface area contributed by atoms with E-state index in [2.05, 4.69) is 0 Å². The van der Waals surface area contributed by atoms with Gasteiger partial charge in [-0.2, -0.15) is 0 Å². The van der Waals surface area contributed by atoms with Crippen molar-refractivity contribution in [1.29, 1.82) is 0 Å². The Kier molecular flexibility index (Phi) is 6.86. The number of ether oxygens (including phenoxy) is 2. The van der Waals surface area contributed by atoms with Crippen LogP contribution in [0.15, 0.2) is 0 Å². The molecule has 1 atom stereocenters. The zero-order valence-electron chi connectivity index (χ0n) is 15.5. The molecule has 1 heterocycles. The zero-order valence-corrected chi connectivity index (χ0v) is 15.5. The molecule has 23 heavy (non-hydrogen) atoms. The zero-order chi connectivity index (χ0) is 17.7. The summed E-state index contributed by atoms with van der Waals surface area (Å²) >= 11 is 0. The van der Waals surface area contributed by atoms with Crippen molar-refractivity contribution in [3.8, 4) is 0 Å². The summed E-state index contributed by atoms with van der Waals surface area (Å²) in [5, 5.41) is 0. The average Bonchev–Trinajstić information content (AvgIpc) is 2.50. The molecule has 1 fully saturated rings. The molecule has 0 aliphatic carbocycles. The first-order valence-corrected chi connectivity index (χ1v) is 8.48. The maximum atomic E-state index is 12.3. The van der Waals surface area contributed by atoms with Crippen LogP contribution >= 0.6 is 0 Å². The minimum atomic E-state index is -0.510. The molecule has 6 nitrogen and oxygen atoms in total. The fourth-order valence-corrected chi connectivity index (χ4v) is 2.59. The molecular weight excluding hydrogens is 296 g/mol. The Hall–Kier alpha value is -1.30. The van der Waals surface area contributed by atoms with E-state index < -0.39 is 11.2 Å². The van der Waals surface area contributed by atoms with Gasteiger partial charge in [-0.3, -0.25) is 4.79 Å². The van der Waals surface area contributed by atoms with Crippen LogP contribution in [0, 0.1) is 0 Å². The number of piperidine rings is 1. The molecule has 0 aromatic heterocycles. The van der Waals surface area contributed by atoms with Crippen molar-refractivity contribution >= 4 is 12.0 Å². The van der Waals surface area contributed by atoms with Gasteiger partial charge in [0, 0.05) is 20.1 Å². The van der Waals surface area contributed by atoms with Crippen molar-refractivity contribution in [2.45, 2.75) is 65.1 Å². The summed E-state index contributed by atoms with van der Waals surface area (Å²) in [6, 6.07) is 0. The lowest BCUT2D eigenvalue weighted by Gasteiger charge is -2.42. The lowest BCUT2D eigenvalue weighted by molar-refractivity contribution is -0.147. The van der Waals surface area contributed by atoms with Gasteiger partial charge in [0.15, 0.2) is 0 Å². The number of rotatable bonds is 5. The van der Waals surface area contributed by atoms with E-state index in [4.69, 9.17) is 9.47 Å². The third kappa shape index (κ3) is 6.01. The highest BCUT2D eigenvalue weighted by Crippen LogP contribution is 2.29. The first-order chi connectivity index (χ1) is 10.6. The van der Waals surface area contributed by atoms with Crippen molar-refractivity contribution in [3.05, 3.63) is 0 Å². The van der Waals surface area contributed by atoms with Gasteiger partial charge in [-0.25, -0.2) is 4.79 Å². The summed E-state index contributed by atoms with van der Waals surface area (Å²) in [4.78, 5) is 27.6.